The first-order chi connectivity index (χ1) is 13.2. The molecule has 0 atom stereocenters. The van der Waals surface area contributed by atoms with Crippen molar-refractivity contribution < 1.29 is 21.9 Å². The van der Waals surface area contributed by atoms with E-state index in [4.69, 9.17) is 9.47 Å². The lowest BCUT2D eigenvalue weighted by atomic mass is 10.1. The molecule has 0 aliphatic rings. The van der Waals surface area contributed by atoms with Gasteiger partial charge in [0, 0.05) is 6.54 Å². The molecule has 0 heterocycles. The molecule has 0 aliphatic carbocycles. The van der Waals surface area contributed by atoms with E-state index in [0.717, 1.165) is 36.6 Å². The number of methoxy groups -OCH3 is 1. The minimum atomic E-state index is 0. The first-order valence-electron chi connectivity index (χ1n) is 9.34. The molecule has 1 N–H and O–H groups in total. The Morgan fingerprint density at radius 3 is 2.21 bits per heavy atom. The topological polar surface area (TPSA) is 30.5 Å². The van der Waals surface area contributed by atoms with Gasteiger partial charge in [0.1, 0.15) is 6.61 Å². The third-order valence-corrected chi connectivity index (χ3v) is 4.51. The van der Waals surface area contributed by atoms with Crippen molar-refractivity contribution in [3.05, 3.63) is 95.1 Å². The highest BCUT2D eigenvalue weighted by Crippen LogP contribution is 2.28. The van der Waals surface area contributed by atoms with Crippen molar-refractivity contribution in [3.63, 3.8) is 0 Å². The molecule has 28 heavy (non-hydrogen) atoms. The molecule has 0 bridgehead atoms. The van der Waals surface area contributed by atoms with Gasteiger partial charge in [0.15, 0.2) is 11.5 Å². The van der Waals surface area contributed by atoms with Crippen LogP contribution in [0.25, 0.3) is 0 Å². The van der Waals surface area contributed by atoms with Crippen LogP contribution in [0, 0.1) is 6.92 Å². The standard InChI is InChI=1S/C24H27NO2.ClH/c1-19-8-10-21(11-9-19)18-27-23-13-12-22(16-24(23)26-2)17-25-15-14-20-6-4-3-5-7-20;/h3-13,16,25H,14-15,17-18H2,1-2H3;1H/p-1. The second kappa shape index (κ2) is 11.4. The van der Waals surface area contributed by atoms with E-state index in [-0.39, 0.29) is 12.4 Å². The van der Waals surface area contributed by atoms with Crippen LogP contribution < -0.4 is 27.2 Å². The summed E-state index contributed by atoms with van der Waals surface area (Å²) in [6.45, 7) is 4.37. The number of aryl methyl sites for hydroxylation is 1. The van der Waals surface area contributed by atoms with E-state index in [1.165, 1.54) is 16.7 Å². The molecule has 0 aliphatic heterocycles. The maximum Gasteiger partial charge on any atom is 0.161 e. The lowest BCUT2D eigenvalue weighted by molar-refractivity contribution is -0.00000613. The van der Waals surface area contributed by atoms with Crippen LogP contribution >= 0.6 is 0 Å². The SMILES string of the molecule is COc1cc(CNCCc2ccccc2)ccc1OCc1ccc(C)cc1.[Cl-]. The highest BCUT2D eigenvalue weighted by atomic mass is 35.5. The molecule has 0 spiro atoms. The van der Waals surface area contributed by atoms with E-state index in [0.29, 0.717) is 6.61 Å². The van der Waals surface area contributed by atoms with Crippen LogP contribution in [0.3, 0.4) is 0 Å². The van der Waals surface area contributed by atoms with Crippen molar-refractivity contribution in [3.8, 4) is 11.5 Å². The third-order valence-electron chi connectivity index (χ3n) is 4.51. The maximum absolute atomic E-state index is 5.95. The van der Waals surface area contributed by atoms with Crippen LogP contribution in [0.5, 0.6) is 11.5 Å². The Kier molecular flexibility index (Phi) is 8.86. The van der Waals surface area contributed by atoms with E-state index < -0.39 is 0 Å². The van der Waals surface area contributed by atoms with Crippen molar-refractivity contribution >= 4 is 0 Å². The second-order valence-electron chi connectivity index (χ2n) is 6.67. The van der Waals surface area contributed by atoms with Gasteiger partial charge in [-0.25, -0.2) is 0 Å². The fourth-order valence-electron chi connectivity index (χ4n) is 2.90. The van der Waals surface area contributed by atoms with Gasteiger partial charge >= 0.3 is 0 Å². The molecule has 0 aromatic heterocycles. The molecule has 0 radical (unpaired) electrons. The Labute approximate surface area is 174 Å². The molecule has 0 saturated carbocycles. The van der Waals surface area contributed by atoms with Crippen LogP contribution in [0.4, 0.5) is 0 Å². The molecular formula is C24H27ClNO2-. The summed E-state index contributed by atoms with van der Waals surface area (Å²) in [5.74, 6) is 1.54. The van der Waals surface area contributed by atoms with E-state index in [2.05, 4.69) is 66.8 Å². The first kappa shape index (κ1) is 21.8. The van der Waals surface area contributed by atoms with E-state index in [9.17, 15) is 0 Å². The van der Waals surface area contributed by atoms with Crippen LogP contribution in [-0.2, 0) is 19.6 Å². The molecule has 3 aromatic rings. The van der Waals surface area contributed by atoms with Gasteiger partial charge in [-0.05, 0) is 48.7 Å². The maximum atomic E-state index is 5.95. The monoisotopic (exact) mass is 396 g/mol. The van der Waals surface area contributed by atoms with Crippen LogP contribution in [0.1, 0.15) is 22.3 Å². The second-order valence-corrected chi connectivity index (χ2v) is 6.67. The summed E-state index contributed by atoms with van der Waals surface area (Å²) in [6.07, 6.45) is 1.02. The Morgan fingerprint density at radius 1 is 0.786 bits per heavy atom. The van der Waals surface area contributed by atoms with Gasteiger partial charge in [0.05, 0.1) is 7.11 Å². The molecule has 148 valence electrons. The van der Waals surface area contributed by atoms with Crippen molar-refractivity contribution in [1.82, 2.24) is 5.32 Å². The van der Waals surface area contributed by atoms with E-state index >= 15 is 0 Å². The summed E-state index contributed by atoms with van der Waals surface area (Å²) in [5.41, 5.74) is 4.93. The highest BCUT2D eigenvalue weighted by Gasteiger charge is 2.06. The number of hydrogen-bond acceptors (Lipinski definition) is 3. The van der Waals surface area contributed by atoms with Gasteiger partial charge in [-0.3, -0.25) is 0 Å². The number of ether oxygens (including phenoxy) is 2. The van der Waals surface area contributed by atoms with Crippen molar-refractivity contribution in [2.75, 3.05) is 13.7 Å². The van der Waals surface area contributed by atoms with Gasteiger partial charge < -0.3 is 27.2 Å². The lowest BCUT2D eigenvalue weighted by Gasteiger charge is -2.13. The number of rotatable bonds is 9. The van der Waals surface area contributed by atoms with E-state index in [1.807, 2.05) is 18.2 Å². The molecule has 3 aromatic carbocycles. The van der Waals surface area contributed by atoms with Gasteiger partial charge in [0.2, 0.25) is 0 Å². The molecule has 3 nitrogen and oxygen atoms in total. The summed E-state index contributed by atoms with van der Waals surface area (Å²) in [7, 11) is 1.68. The van der Waals surface area contributed by atoms with Crippen LogP contribution in [0.15, 0.2) is 72.8 Å². The molecule has 0 amide bonds. The number of hydrogen-bond donors (Lipinski definition) is 1. The summed E-state index contributed by atoms with van der Waals surface area (Å²) >= 11 is 0. The Balaban J connectivity index is 0.00000280. The number of nitrogens with one attached hydrogen (secondary N) is 1. The minimum absolute atomic E-state index is 0. The van der Waals surface area contributed by atoms with Crippen LogP contribution in [-0.4, -0.2) is 13.7 Å². The molecule has 0 saturated heterocycles. The quantitative estimate of drug-likeness (QED) is 0.560. The lowest BCUT2D eigenvalue weighted by Crippen LogP contribution is -3.00. The summed E-state index contributed by atoms with van der Waals surface area (Å²) < 4.78 is 11.5. The molecule has 0 fully saturated rings. The first-order valence-corrected chi connectivity index (χ1v) is 9.34. The fraction of sp³-hybridized carbons (Fsp3) is 0.250. The fourth-order valence-corrected chi connectivity index (χ4v) is 2.90. The summed E-state index contributed by atoms with van der Waals surface area (Å²) in [5, 5.41) is 3.49. The van der Waals surface area contributed by atoms with Gasteiger partial charge in [-0.1, -0.05) is 66.2 Å². The minimum Gasteiger partial charge on any atom is -1.00 e. The Bertz CT molecular complexity index is 835. The van der Waals surface area contributed by atoms with Crippen molar-refractivity contribution in [2.24, 2.45) is 0 Å². The molecule has 4 heteroatoms. The van der Waals surface area contributed by atoms with Gasteiger partial charge in [-0.2, -0.15) is 0 Å². The predicted molar refractivity (Wildman–Crippen MR) is 110 cm³/mol. The number of benzene rings is 3. The molecular weight excluding hydrogens is 370 g/mol. The molecule has 0 unspecified atom stereocenters. The van der Waals surface area contributed by atoms with Crippen molar-refractivity contribution in [1.29, 1.82) is 0 Å². The normalized spacial score (nSPS) is 10.2. The zero-order valence-corrected chi connectivity index (χ0v) is 17.2. The zero-order chi connectivity index (χ0) is 18.9. The predicted octanol–water partition coefficient (Wildman–Crippen LogP) is 1.92. The average molecular weight is 397 g/mol. The smallest absolute Gasteiger partial charge is 0.161 e. The number of halogens is 1. The van der Waals surface area contributed by atoms with Gasteiger partial charge in [-0.15, -0.1) is 0 Å². The van der Waals surface area contributed by atoms with Crippen LogP contribution in [0.2, 0.25) is 0 Å². The Hall–Kier alpha value is -2.49. The molecule has 3 rings (SSSR count). The van der Waals surface area contributed by atoms with Crippen molar-refractivity contribution in [2.45, 2.75) is 26.5 Å². The zero-order valence-electron chi connectivity index (χ0n) is 16.5. The summed E-state index contributed by atoms with van der Waals surface area (Å²) in [4.78, 5) is 0. The third kappa shape index (κ3) is 6.59. The largest absolute Gasteiger partial charge is 1.00 e. The van der Waals surface area contributed by atoms with E-state index in [1.54, 1.807) is 7.11 Å². The van der Waals surface area contributed by atoms with Gasteiger partial charge in [0.25, 0.3) is 0 Å². The average Bonchev–Trinajstić information content (AvgIpc) is 2.72. The highest BCUT2D eigenvalue weighted by molar-refractivity contribution is 5.43. The Morgan fingerprint density at radius 2 is 1.50 bits per heavy atom. The summed E-state index contributed by atoms with van der Waals surface area (Å²) in [6, 6.07) is 25.0.